The summed E-state index contributed by atoms with van der Waals surface area (Å²) in [6.45, 7) is 0.511. The molecule has 4 nitrogen and oxygen atoms in total. The van der Waals surface area contributed by atoms with E-state index < -0.39 is 12.1 Å². The Bertz CT molecular complexity index is 649. The first kappa shape index (κ1) is 18.4. The summed E-state index contributed by atoms with van der Waals surface area (Å²) in [5, 5.41) is 9.88. The first-order chi connectivity index (χ1) is 11.7. The molecule has 2 rings (SSSR count). The van der Waals surface area contributed by atoms with E-state index in [9.17, 15) is 9.81 Å². The van der Waals surface area contributed by atoms with Crippen LogP contribution in [0.1, 0.15) is 11.1 Å². The van der Waals surface area contributed by atoms with E-state index in [-0.39, 0.29) is 5.88 Å². The second kappa shape index (κ2) is 10.0. The fraction of sp³-hybridized carbons (Fsp3) is 0.278. The number of halogens is 1. The SMILES string of the molecule is O=BC=N[C@@H](Cc1ccc(OCc2ccccc2)cc1)[C@H](O)CCl. The van der Waals surface area contributed by atoms with E-state index in [2.05, 4.69) is 4.99 Å². The molecule has 2 atom stereocenters. The summed E-state index contributed by atoms with van der Waals surface area (Å²) in [4.78, 5) is 4.05. The number of nitrogens with zero attached hydrogens (tertiary/aromatic N) is 1. The molecule has 124 valence electrons. The van der Waals surface area contributed by atoms with Crippen LogP contribution < -0.4 is 4.74 Å². The van der Waals surface area contributed by atoms with Crippen molar-refractivity contribution in [1.29, 1.82) is 0 Å². The number of benzene rings is 2. The van der Waals surface area contributed by atoms with Crippen molar-refractivity contribution >= 4 is 24.9 Å². The van der Waals surface area contributed by atoms with Gasteiger partial charge in [-0.3, -0.25) is 0 Å². The molecule has 0 spiro atoms. The molecule has 2 aromatic rings. The summed E-state index contributed by atoms with van der Waals surface area (Å²) >= 11 is 5.68. The first-order valence-corrected chi connectivity index (χ1v) is 8.23. The van der Waals surface area contributed by atoms with Gasteiger partial charge in [-0.2, -0.15) is 0 Å². The third-order valence-electron chi connectivity index (χ3n) is 3.56. The fourth-order valence-corrected chi connectivity index (χ4v) is 2.45. The van der Waals surface area contributed by atoms with Crippen molar-refractivity contribution in [2.24, 2.45) is 4.99 Å². The standard InChI is InChI=1S/C18H19BClNO3/c20-11-18(22)17(21-13-19-23)10-14-6-8-16(9-7-14)24-12-15-4-2-1-3-5-15/h1-9,13,17-18,22H,10-12H2/t17-,18+/m0/s1. The molecule has 0 heterocycles. The molecule has 0 aliphatic heterocycles. The van der Waals surface area contributed by atoms with E-state index in [1.54, 1.807) is 0 Å². The van der Waals surface area contributed by atoms with Crippen LogP contribution in [0.5, 0.6) is 5.75 Å². The second-order valence-electron chi connectivity index (χ2n) is 5.35. The number of hydrogen-bond acceptors (Lipinski definition) is 4. The maximum absolute atomic E-state index is 10.4. The number of aliphatic hydroxyl groups excluding tert-OH is 1. The second-order valence-corrected chi connectivity index (χ2v) is 5.65. The Morgan fingerprint density at radius 2 is 1.83 bits per heavy atom. The van der Waals surface area contributed by atoms with E-state index >= 15 is 0 Å². The molecule has 0 aliphatic rings. The molecular weight excluding hydrogens is 324 g/mol. The van der Waals surface area contributed by atoms with Gasteiger partial charge in [0.1, 0.15) is 0 Å². The zero-order chi connectivity index (χ0) is 17.2. The Morgan fingerprint density at radius 1 is 1.12 bits per heavy atom. The van der Waals surface area contributed by atoms with Crippen molar-refractivity contribution in [3.63, 3.8) is 0 Å². The van der Waals surface area contributed by atoms with E-state index in [1.165, 1.54) is 0 Å². The van der Waals surface area contributed by atoms with E-state index in [1.807, 2.05) is 54.6 Å². The molecule has 0 radical (unpaired) electrons. The molecule has 24 heavy (non-hydrogen) atoms. The number of aliphatic hydroxyl groups is 1. The van der Waals surface area contributed by atoms with Crippen LogP contribution in [0.3, 0.4) is 0 Å². The summed E-state index contributed by atoms with van der Waals surface area (Å²) < 4.78 is 16.2. The number of ether oxygens (including phenoxy) is 1. The van der Waals surface area contributed by atoms with Crippen LogP contribution in [0, 0.1) is 0 Å². The van der Waals surface area contributed by atoms with Gasteiger partial charge in [-0.05, 0) is 0 Å². The van der Waals surface area contributed by atoms with Gasteiger partial charge in [-0.1, -0.05) is 18.2 Å². The molecule has 0 aromatic heterocycles. The van der Waals surface area contributed by atoms with Gasteiger partial charge in [0.2, 0.25) is 0 Å². The van der Waals surface area contributed by atoms with Crippen molar-refractivity contribution in [1.82, 2.24) is 0 Å². The normalized spacial score (nSPS) is 13.4. The van der Waals surface area contributed by atoms with Crippen molar-refractivity contribution in [3.05, 3.63) is 65.7 Å². The molecule has 0 fully saturated rings. The van der Waals surface area contributed by atoms with Gasteiger partial charge in [0.05, 0.1) is 0 Å². The van der Waals surface area contributed by atoms with Crippen LogP contribution in [0.2, 0.25) is 0 Å². The van der Waals surface area contributed by atoms with Gasteiger partial charge >= 0.3 is 129 Å². The van der Waals surface area contributed by atoms with Crippen LogP contribution >= 0.6 is 11.6 Å². The van der Waals surface area contributed by atoms with Crippen LogP contribution in [0.25, 0.3) is 0 Å². The van der Waals surface area contributed by atoms with Crippen LogP contribution in [0.4, 0.5) is 0 Å². The maximum atomic E-state index is 10.4. The molecule has 2 aromatic carbocycles. The average Bonchev–Trinajstić information content (AvgIpc) is 2.64. The molecule has 0 bridgehead atoms. The van der Waals surface area contributed by atoms with Gasteiger partial charge < -0.3 is 0 Å². The fourth-order valence-electron chi connectivity index (χ4n) is 2.24. The molecule has 0 saturated carbocycles. The number of alkyl halides is 1. The first-order valence-electron chi connectivity index (χ1n) is 7.69. The summed E-state index contributed by atoms with van der Waals surface area (Å²) in [5.74, 6) is 0.840. The Labute approximate surface area is 147 Å². The summed E-state index contributed by atoms with van der Waals surface area (Å²) in [6, 6.07) is 17.1. The van der Waals surface area contributed by atoms with Gasteiger partial charge in [0, 0.05) is 0 Å². The molecule has 1 N–H and O–H groups in total. The van der Waals surface area contributed by atoms with Crippen molar-refractivity contribution < 1.29 is 14.5 Å². The number of hydrogen-bond donors (Lipinski definition) is 1. The topological polar surface area (TPSA) is 58.9 Å². The Hall–Kier alpha value is -1.98. The van der Waals surface area contributed by atoms with Gasteiger partial charge in [-0.25, -0.2) is 0 Å². The van der Waals surface area contributed by atoms with Crippen LogP contribution in [-0.4, -0.2) is 36.4 Å². The van der Waals surface area contributed by atoms with Gasteiger partial charge in [-0.15, -0.1) is 0 Å². The number of aliphatic imine (C=N–C) groups is 1. The third-order valence-corrected chi connectivity index (χ3v) is 3.87. The zero-order valence-electron chi connectivity index (χ0n) is 13.2. The minimum atomic E-state index is -0.795. The quantitative estimate of drug-likeness (QED) is 0.433. The van der Waals surface area contributed by atoms with Crippen LogP contribution in [0.15, 0.2) is 59.6 Å². The van der Waals surface area contributed by atoms with Crippen LogP contribution in [-0.2, 0) is 17.7 Å². The molecule has 6 heteroatoms. The van der Waals surface area contributed by atoms with Crippen molar-refractivity contribution in [2.75, 3.05) is 5.88 Å². The molecule has 0 aliphatic carbocycles. The van der Waals surface area contributed by atoms with E-state index in [0.29, 0.717) is 20.2 Å². The Morgan fingerprint density at radius 3 is 2.46 bits per heavy atom. The van der Waals surface area contributed by atoms with Crippen molar-refractivity contribution in [2.45, 2.75) is 25.2 Å². The predicted octanol–water partition coefficient (Wildman–Crippen LogP) is 2.85. The Kier molecular flexibility index (Phi) is 7.66. The predicted molar refractivity (Wildman–Crippen MR) is 96.4 cm³/mol. The molecule has 0 unspecified atom stereocenters. The number of rotatable bonds is 9. The average molecular weight is 344 g/mol. The van der Waals surface area contributed by atoms with Gasteiger partial charge in [0.25, 0.3) is 0 Å². The zero-order valence-corrected chi connectivity index (χ0v) is 14.0. The molecular formula is C18H19BClNO3. The van der Waals surface area contributed by atoms with E-state index in [0.717, 1.165) is 23.0 Å². The minimum absolute atomic E-state index is 0.0686. The monoisotopic (exact) mass is 343 g/mol. The molecule has 0 amide bonds. The summed E-state index contributed by atoms with van der Waals surface area (Å²) in [7, 11) is 0.592. The van der Waals surface area contributed by atoms with Gasteiger partial charge in [0.15, 0.2) is 0 Å². The summed E-state index contributed by atoms with van der Waals surface area (Å²) in [6.07, 6.45) is 0.853. The van der Waals surface area contributed by atoms with E-state index in [4.69, 9.17) is 16.3 Å². The molecule has 0 saturated heterocycles. The van der Waals surface area contributed by atoms with Crippen molar-refractivity contribution in [3.8, 4) is 5.75 Å². The Balaban J connectivity index is 1.95. The third kappa shape index (κ3) is 5.91. The summed E-state index contributed by atoms with van der Waals surface area (Å²) in [5.41, 5.74) is 2.09.